The van der Waals surface area contributed by atoms with Crippen LogP contribution in [0.1, 0.15) is 16.7 Å². The first kappa shape index (κ1) is 17.6. The average Bonchev–Trinajstić information content (AvgIpc) is 3.10. The van der Waals surface area contributed by atoms with E-state index in [0.29, 0.717) is 16.9 Å². The van der Waals surface area contributed by atoms with Crippen molar-refractivity contribution in [3.8, 4) is 28.4 Å². The zero-order chi connectivity index (χ0) is 20.2. The molecule has 6 heteroatoms. The van der Waals surface area contributed by atoms with E-state index in [1.807, 2.05) is 43.3 Å². The fraction of sp³-hybridized carbons (Fsp3) is 0.174. The summed E-state index contributed by atoms with van der Waals surface area (Å²) in [6.45, 7) is 2.26. The largest absolute Gasteiger partial charge is 0.494 e. The highest BCUT2D eigenvalue weighted by atomic mass is 19.1. The van der Waals surface area contributed by atoms with Crippen LogP contribution in [0.15, 0.2) is 59.6 Å². The topological polar surface area (TPSA) is 66.1 Å². The number of aryl methyl sites for hydroxylation is 1. The Morgan fingerprint density at radius 3 is 2.69 bits per heavy atom. The first-order valence-corrected chi connectivity index (χ1v) is 9.26. The Morgan fingerprint density at radius 1 is 1.07 bits per heavy atom. The summed E-state index contributed by atoms with van der Waals surface area (Å²) >= 11 is 0. The molecule has 2 N–H and O–H groups in total. The van der Waals surface area contributed by atoms with E-state index < -0.39 is 11.4 Å². The highest BCUT2D eigenvalue weighted by Crippen LogP contribution is 2.52. The summed E-state index contributed by atoms with van der Waals surface area (Å²) in [6, 6.07) is 16.7. The quantitative estimate of drug-likeness (QED) is 0.700. The second-order valence-electron chi connectivity index (χ2n) is 7.23. The van der Waals surface area contributed by atoms with Gasteiger partial charge in [-0.3, -0.25) is 0 Å². The van der Waals surface area contributed by atoms with Crippen molar-refractivity contribution in [3.05, 3.63) is 77.1 Å². The SMILES string of the molecule is COc1cccc(-c2ccc3c(c2)C2(COC(N)=N2)c2ccc(C)cc2O3)c1F. The number of ether oxygens (including phenoxy) is 3. The maximum Gasteiger partial charge on any atom is 0.283 e. The lowest BCUT2D eigenvalue weighted by atomic mass is 9.80. The van der Waals surface area contributed by atoms with Crippen molar-refractivity contribution in [2.24, 2.45) is 10.7 Å². The minimum absolute atomic E-state index is 0.127. The summed E-state index contributed by atoms with van der Waals surface area (Å²) in [7, 11) is 1.45. The van der Waals surface area contributed by atoms with Gasteiger partial charge in [-0.05, 0) is 42.3 Å². The Bertz CT molecular complexity index is 1170. The molecule has 0 aliphatic carbocycles. The molecule has 0 aromatic heterocycles. The van der Waals surface area contributed by atoms with Gasteiger partial charge in [-0.2, -0.15) is 0 Å². The number of amidine groups is 1. The van der Waals surface area contributed by atoms with Crippen LogP contribution in [-0.4, -0.2) is 19.7 Å². The number of fused-ring (bicyclic) bond motifs is 4. The molecule has 29 heavy (non-hydrogen) atoms. The molecule has 1 atom stereocenters. The van der Waals surface area contributed by atoms with Crippen LogP contribution in [0.25, 0.3) is 11.1 Å². The van der Waals surface area contributed by atoms with E-state index in [9.17, 15) is 4.39 Å². The monoisotopic (exact) mass is 390 g/mol. The fourth-order valence-corrected chi connectivity index (χ4v) is 4.03. The fourth-order valence-electron chi connectivity index (χ4n) is 4.03. The Kier molecular flexibility index (Phi) is 3.77. The normalized spacial score (nSPS) is 19.1. The molecule has 0 amide bonds. The van der Waals surface area contributed by atoms with Crippen molar-refractivity contribution in [3.63, 3.8) is 0 Å². The second kappa shape index (κ2) is 6.24. The molecule has 0 bridgehead atoms. The Labute approximate surface area is 167 Å². The molecule has 2 heterocycles. The third kappa shape index (κ3) is 2.56. The number of nitrogens with two attached hydrogens (primary N) is 1. The molecule has 0 saturated heterocycles. The predicted octanol–water partition coefficient (Wildman–Crippen LogP) is 4.50. The molecule has 0 radical (unpaired) electrons. The second-order valence-corrected chi connectivity index (χ2v) is 7.23. The van der Waals surface area contributed by atoms with Crippen molar-refractivity contribution in [2.45, 2.75) is 12.5 Å². The van der Waals surface area contributed by atoms with Crippen LogP contribution in [0.2, 0.25) is 0 Å². The summed E-state index contributed by atoms with van der Waals surface area (Å²) < 4.78 is 31.7. The maximum atomic E-state index is 14.9. The molecule has 2 aliphatic rings. The van der Waals surface area contributed by atoms with E-state index in [2.05, 4.69) is 4.99 Å². The number of halogens is 1. The summed E-state index contributed by atoms with van der Waals surface area (Å²) in [5.74, 6) is 1.15. The molecule has 5 rings (SSSR count). The van der Waals surface area contributed by atoms with Gasteiger partial charge < -0.3 is 19.9 Å². The van der Waals surface area contributed by atoms with Crippen molar-refractivity contribution < 1.29 is 18.6 Å². The van der Waals surface area contributed by atoms with E-state index >= 15 is 0 Å². The van der Waals surface area contributed by atoms with Gasteiger partial charge in [0.25, 0.3) is 6.02 Å². The minimum atomic E-state index is -0.827. The van der Waals surface area contributed by atoms with Gasteiger partial charge in [-0.1, -0.05) is 30.3 Å². The standard InChI is InChI=1S/C23H19FN2O3/c1-13-6-8-16-20(10-13)29-18-9-7-14(15-4-3-5-19(27-2)21(15)24)11-17(18)23(16)12-28-22(25)26-23/h3-11H,12H2,1-2H3,(H2,25,26). The Balaban J connectivity index is 1.73. The molecule has 0 fully saturated rings. The summed E-state index contributed by atoms with van der Waals surface area (Å²) in [5.41, 5.74) is 8.95. The molecular weight excluding hydrogens is 371 g/mol. The number of nitrogens with zero attached hydrogens (tertiary/aromatic N) is 1. The first-order chi connectivity index (χ1) is 14.0. The summed E-state index contributed by atoms with van der Waals surface area (Å²) in [4.78, 5) is 4.66. The minimum Gasteiger partial charge on any atom is -0.494 e. The van der Waals surface area contributed by atoms with Crippen LogP contribution in [-0.2, 0) is 10.3 Å². The molecule has 146 valence electrons. The summed E-state index contributed by atoms with van der Waals surface area (Å²) in [5, 5.41) is 0. The van der Waals surface area contributed by atoms with Crippen LogP contribution in [0.4, 0.5) is 4.39 Å². The number of rotatable bonds is 2. The molecule has 3 aromatic carbocycles. The number of hydrogen-bond donors (Lipinski definition) is 1. The van der Waals surface area contributed by atoms with Gasteiger partial charge in [0.05, 0.1) is 7.11 Å². The van der Waals surface area contributed by atoms with Crippen LogP contribution in [0, 0.1) is 12.7 Å². The third-order valence-corrected chi connectivity index (χ3v) is 5.45. The predicted molar refractivity (Wildman–Crippen MR) is 108 cm³/mol. The lowest BCUT2D eigenvalue weighted by Gasteiger charge is -2.34. The van der Waals surface area contributed by atoms with Crippen molar-refractivity contribution >= 4 is 6.02 Å². The lowest BCUT2D eigenvalue weighted by molar-refractivity contribution is 0.264. The molecule has 3 aromatic rings. The zero-order valence-electron chi connectivity index (χ0n) is 16.0. The van der Waals surface area contributed by atoms with E-state index in [4.69, 9.17) is 19.9 Å². The Morgan fingerprint density at radius 2 is 1.93 bits per heavy atom. The highest BCUT2D eigenvalue weighted by molar-refractivity contribution is 5.78. The van der Waals surface area contributed by atoms with Gasteiger partial charge >= 0.3 is 0 Å². The van der Waals surface area contributed by atoms with Gasteiger partial charge in [0.1, 0.15) is 18.1 Å². The molecule has 5 nitrogen and oxygen atoms in total. The zero-order valence-corrected chi connectivity index (χ0v) is 16.0. The molecule has 2 aliphatic heterocycles. The number of benzene rings is 3. The van der Waals surface area contributed by atoms with E-state index in [1.54, 1.807) is 18.2 Å². The molecule has 1 unspecified atom stereocenters. The van der Waals surface area contributed by atoms with Gasteiger partial charge in [-0.15, -0.1) is 0 Å². The Hall–Kier alpha value is -3.54. The smallest absolute Gasteiger partial charge is 0.283 e. The van der Waals surface area contributed by atoms with Crippen molar-refractivity contribution in [1.82, 2.24) is 0 Å². The highest BCUT2D eigenvalue weighted by Gasteiger charge is 2.47. The van der Waals surface area contributed by atoms with Crippen molar-refractivity contribution in [1.29, 1.82) is 0 Å². The van der Waals surface area contributed by atoms with Crippen LogP contribution < -0.4 is 15.2 Å². The molecule has 0 saturated carbocycles. The van der Waals surface area contributed by atoms with E-state index in [0.717, 1.165) is 22.4 Å². The van der Waals surface area contributed by atoms with Crippen molar-refractivity contribution in [2.75, 3.05) is 13.7 Å². The molecular formula is C23H19FN2O3. The average molecular weight is 390 g/mol. The van der Waals surface area contributed by atoms with Crippen LogP contribution >= 0.6 is 0 Å². The van der Waals surface area contributed by atoms with Gasteiger partial charge in [-0.25, -0.2) is 9.38 Å². The lowest BCUT2D eigenvalue weighted by Crippen LogP contribution is -2.31. The maximum absolute atomic E-state index is 14.9. The van der Waals surface area contributed by atoms with Gasteiger partial charge in [0.15, 0.2) is 17.1 Å². The third-order valence-electron chi connectivity index (χ3n) is 5.45. The number of hydrogen-bond acceptors (Lipinski definition) is 5. The van der Waals surface area contributed by atoms with E-state index in [1.165, 1.54) is 7.11 Å². The number of methoxy groups -OCH3 is 1. The van der Waals surface area contributed by atoms with E-state index in [-0.39, 0.29) is 18.4 Å². The number of aliphatic imine (C=N–C) groups is 1. The van der Waals surface area contributed by atoms with Gasteiger partial charge in [0.2, 0.25) is 0 Å². The van der Waals surface area contributed by atoms with Crippen LogP contribution in [0.5, 0.6) is 17.2 Å². The molecule has 1 spiro atoms. The first-order valence-electron chi connectivity index (χ1n) is 9.26. The van der Waals surface area contributed by atoms with Gasteiger partial charge in [0, 0.05) is 16.7 Å². The summed E-state index contributed by atoms with van der Waals surface area (Å²) in [6.07, 6.45) is 0. The van der Waals surface area contributed by atoms with Crippen LogP contribution in [0.3, 0.4) is 0 Å².